The number of rotatable bonds is 8. The summed E-state index contributed by atoms with van der Waals surface area (Å²) in [4.78, 5) is 0.285. The predicted octanol–water partition coefficient (Wildman–Crippen LogP) is 9.19. The van der Waals surface area contributed by atoms with E-state index in [0.717, 1.165) is 53.9 Å². The average Bonchev–Trinajstić information content (AvgIpc) is 3.24. The van der Waals surface area contributed by atoms with E-state index in [1.807, 2.05) is 19.1 Å². The maximum absolute atomic E-state index is 13.3. The molecule has 4 aliphatic carbocycles. The minimum Gasteiger partial charge on any atom is -0.260 e. The second kappa shape index (κ2) is 10.8. The lowest BCUT2D eigenvalue weighted by atomic mass is 9.46. The lowest BCUT2D eigenvalue weighted by Gasteiger charge is -2.60. The molecule has 0 saturated heterocycles. The van der Waals surface area contributed by atoms with Crippen molar-refractivity contribution in [3.8, 4) is 0 Å². The van der Waals surface area contributed by atoms with Crippen molar-refractivity contribution >= 4 is 10.1 Å². The van der Waals surface area contributed by atoms with Crippen LogP contribution in [0.3, 0.4) is 0 Å². The molecule has 0 aromatic heterocycles. The van der Waals surface area contributed by atoms with Crippen LogP contribution in [0.5, 0.6) is 0 Å². The van der Waals surface area contributed by atoms with Crippen molar-refractivity contribution in [2.75, 3.05) is 0 Å². The molecule has 0 bridgehead atoms. The summed E-state index contributed by atoms with van der Waals surface area (Å²) in [6.07, 6.45) is 15.8. The fourth-order valence-electron chi connectivity index (χ4n) is 10.3. The van der Waals surface area contributed by atoms with Gasteiger partial charge in [-0.15, -0.1) is 0 Å². The van der Waals surface area contributed by atoms with E-state index in [9.17, 15) is 8.42 Å². The van der Waals surface area contributed by atoms with Gasteiger partial charge in [0.25, 0.3) is 10.1 Å². The van der Waals surface area contributed by atoms with Crippen molar-refractivity contribution in [2.24, 2.45) is 52.8 Å². The van der Waals surface area contributed by atoms with Crippen LogP contribution in [-0.4, -0.2) is 14.0 Å². The molecule has 214 valence electrons. The summed E-state index contributed by atoms with van der Waals surface area (Å²) in [5.41, 5.74) is 0.960. The lowest BCUT2D eigenvalue weighted by Crippen LogP contribution is -2.55. The maximum atomic E-state index is 13.3. The number of aryl methyl sites for hydroxylation is 1. The Morgan fingerprint density at radius 1 is 0.895 bits per heavy atom. The SMILES string of the molecule is CCCCC[C@H](C)[C@@H]1CC[C@@]2(C)[C@@H]1CC[C@H]1[C@H]3CC[C@](C)(OS(=O)(=O)c4ccc(C)cc4)[C@@H](C)[C@H]3CC[C@@H]12. The second-order valence-electron chi connectivity index (χ2n) is 14.5. The number of hydrogen-bond donors (Lipinski definition) is 0. The molecule has 10 atom stereocenters. The number of unbranched alkanes of at least 4 members (excludes halogenated alkanes) is 2. The van der Waals surface area contributed by atoms with Gasteiger partial charge in [0, 0.05) is 0 Å². The van der Waals surface area contributed by atoms with E-state index >= 15 is 0 Å². The largest absolute Gasteiger partial charge is 0.297 e. The zero-order valence-corrected chi connectivity index (χ0v) is 25.9. The second-order valence-corrected chi connectivity index (χ2v) is 16.1. The van der Waals surface area contributed by atoms with E-state index in [1.54, 1.807) is 12.1 Å². The summed E-state index contributed by atoms with van der Waals surface area (Å²) in [5.74, 6) is 5.99. The Hall–Kier alpha value is -0.870. The molecule has 0 N–H and O–H groups in total. The summed E-state index contributed by atoms with van der Waals surface area (Å²) in [5, 5.41) is 0. The highest BCUT2D eigenvalue weighted by atomic mass is 32.2. The van der Waals surface area contributed by atoms with Crippen molar-refractivity contribution in [2.45, 2.75) is 129 Å². The zero-order valence-electron chi connectivity index (χ0n) is 25.0. The van der Waals surface area contributed by atoms with Crippen molar-refractivity contribution in [1.82, 2.24) is 0 Å². The van der Waals surface area contributed by atoms with Crippen LogP contribution >= 0.6 is 0 Å². The Balaban J connectivity index is 1.28. The van der Waals surface area contributed by atoms with E-state index in [2.05, 4.69) is 34.6 Å². The Morgan fingerprint density at radius 2 is 1.58 bits per heavy atom. The molecule has 3 nitrogen and oxygen atoms in total. The molecule has 4 saturated carbocycles. The van der Waals surface area contributed by atoms with Crippen LogP contribution in [0.4, 0.5) is 0 Å². The van der Waals surface area contributed by atoms with Crippen LogP contribution in [0.25, 0.3) is 0 Å². The van der Waals surface area contributed by atoms with Crippen LogP contribution in [0.1, 0.15) is 117 Å². The smallest absolute Gasteiger partial charge is 0.260 e. The molecule has 0 unspecified atom stereocenters. The lowest BCUT2D eigenvalue weighted by molar-refractivity contribution is -0.128. The number of hydrogen-bond acceptors (Lipinski definition) is 3. The first-order valence-corrected chi connectivity index (χ1v) is 17.4. The van der Waals surface area contributed by atoms with E-state index in [-0.39, 0.29) is 10.8 Å². The maximum Gasteiger partial charge on any atom is 0.297 e. The molecule has 0 spiro atoms. The summed E-state index contributed by atoms with van der Waals surface area (Å²) < 4.78 is 32.7. The fourth-order valence-corrected chi connectivity index (χ4v) is 11.6. The Morgan fingerprint density at radius 3 is 2.29 bits per heavy atom. The quantitative estimate of drug-likeness (QED) is 0.243. The normalized spacial score (nSPS) is 41.7. The van der Waals surface area contributed by atoms with Gasteiger partial charge in [-0.1, -0.05) is 71.1 Å². The van der Waals surface area contributed by atoms with Crippen LogP contribution in [0, 0.1) is 59.7 Å². The molecule has 1 aromatic carbocycles. The molecule has 4 fully saturated rings. The third-order valence-electron chi connectivity index (χ3n) is 12.6. The highest BCUT2D eigenvalue weighted by molar-refractivity contribution is 7.86. The highest BCUT2D eigenvalue weighted by Gasteiger charge is 2.60. The van der Waals surface area contributed by atoms with Gasteiger partial charge >= 0.3 is 0 Å². The van der Waals surface area contributed by atoms with E-state index in [1.165, 1.54) is 64.2 Å². The monoisotopic (exact) mass is 542 g/mol. The fraction of sp³-hybridized carbons (Fsp3) is 0.824. The van der Waals surface area contributed by atoms with Gasteiger partial charge in [0.1, 0.15) is 0 Å². The molecule has 1 aromatic rings. The molecule has 38 heavy (non-hydrogen) atoms. The van der Waals surface area contributed by atoms with Crippen molar-refractivity contribution in [3.63, 3.8) is 0 Å². The standard InChI is InChI=1S/C34H54O3S/c1-7-8-9-10-24(3)27-19-21-33(5)31(27)18-16-30-29-20-22-34(6,25(4)28(29)15-17-32(30)33)37-38(35,36)26-13-11-23(2)12-14-26/h11-14,24-25,27-32H,7-10,15-22H2,1-6H3/t24-,25-,27-,28+,29-,30-,31+,32-,33-,34-/m0/s1. The third-order valence-corrected chi connectivity index (χ3v) is 14.1. The van der Waals surface area contributed by atoms with Crippen LogP contribution in [0.15, 0.2) is 29.2 Å². The highest BCUT2D eigenvalue weighted by Crippen LogP contribution is 2.67. The first kappa shape index (κ1) is 28.7. The van der Waals surface area contributed by atoms with Crippen LogP contribution in [0.2, 0.25) is 0 Å². The third kappa shape index (κ3) is 5.04. The summed E-state index contributed by atoms with van der Waals surface area (Å²) >= 11 is 0. The zero-order chi connectivity index (χ0) is 27.3. The molecule has 0 aliphatic heterocycles. The first-order valence-electron chi connectivity index (χ1n) is 16.0. The molecular formula is C34H54O3S. The predicted molar refractivity (Wildman–Crippen MR) is 156 cm³/mol. The first-order chi connectivity index (χ1) is 18.0. The van der Waals surface area contributed by atoms with Crippen LogP contribution in [-0.2, 0) is 14.3 Å². The molecule has 0 radical (unpaired) electrons. The van der Waals surface area contributed by atoms with E-state index in [0.29, 0.717) is 11.3 Å². The average molecular weight is 543 g/mol. The van der Waals surface area contributed by atoms with Gasteiger partial charge in [0.05, 0.1) is 10.5 Å². The van der Waals surface area contributed by atoms with Gasteiger partial charge in [-0.25, -0.2) is 0 Å². The van der Waals surface area contributed by atoms with Crippen molar-refractivity contribution in [3.05, 3.63) is 29.8 Å². The molecule has 0 amide bonds. The molecular weight excluding hydrogens is 488 g/mol. The minimum absolute atomic E-state index is 0.253. The van der Waals surface area contributed by atoms with Gasteiger partial charge in [-0.3, -0.25) is 4.18 Å². The molecule has 0 heterocycles. The van der Waals surface area contributed by atoms with Crippen molar-refractivity contribution < 1.29 is 12.6 Å². The summed E-state index contributed by atoms with van der Waals surface area (Å²) in [6, 6.07) is 7.09. The van der Waals surface area contributed by atoms with E-state index < -0.39 is 15.7 Å². The number of fused-ring (bicyclic) bond motifs is 5. The van der Waals surface area contributed by atoms with Crippen molar-refractivity contribution in [1.29, 1.82) is 0 Å². The Bertz CT molecular complexity index is 1060. The topological polar surface area (TPSA) is 43.4 Å². The molecule has 4 aliphatic rings. The van der Waals surface area contributed by atoms with Gasteiger partial charge in [-0.05, 0) is 130 Å². The molecule has 4 heteroatoms. The van der Waals surface area contributed by atoms with Crippen LogP contribution < -0.4 is 0 Å². The van der Waals surface area contributed by atoms with Gasteiger partial charge in [-0.2, -0.15) is 8.42 Å². The minimum atomic E-state index is -3.77. The van der Waals surface area contributed by atoms with E-state index in [4.69, 9.17) is 4.18 Å². The van der Waals surface area contributed by atoms with Gasteiger partial charge < -0.3 is 0 Å². The summed E-state index contributed by atoms with van der Waals surface area (Å²) in [7, 11) is -3.77. The Kier molecular flexibility index (Phi) is 8.17. The van der Waals surface area contributed by atoms with Gasteiger partial charge in [0.15, 0.2) is 0 Å². The van der Waals surface area contributed by atoms with Gasteiger partial charge in [0.2, 0.25) is 0 Å². The molecule has 5 rings (SSSR count). The Labute approximate surface area is 234 Å². The summed E-state index contributed by atoms with van der Waals surface area (Å²) in [6.45, 7) is 13.9. The number of benzene rings is 1.